The Morgan fingerprint density at radius 3 is 2.91 bits per heavy atom. The van der Waals surface area contributed by atoms with Crippen LogP contribution in [0.1, 0.15) is 43.5 Å². The van der Waals surface area contributed by atoms with Crippen molar-refractivity contribution in [1.29, 1.82) is 0 Å². The summed E-state index contributed by atoms with van der Waals surface area (Å²) in [6, 6.07) is 2.13. The normalized spacial score (nSPS) is 21.1. The summed E-state index contributed by atoms with van der Waals surface area (Å²) in [5.41, 5.74) is 2.80. The maximum Gasteiger partial charge on any atom is 0.253 e. The van der Waals surface area contributed by atoms with Crippen LogP contribution in [0.5, 0.6) is 0 Å². The number of amides is 1. The van der Waals surface area contributed by atoms with E-state index >= 15 is 0 Å². The molecule has 2 aliphatic rings. The van der Waals surface area contributed by atoms with Gasteiger partial charge in [-0.1, -0.05) is 18.7 Å². The molecule has 1 saturated carbocycles. The van der Waals surface area contributed by atoms with Crippen molar-refractivity contribution in [3.05, 3.63) is 61.7 Å². The van der Waals surface area contributed by atoms with Crippen LogP contribution in [0.15, 0.2) is 50.4 Å². The fraction of sp³-hybridized carbons (Fsp3) is 0.500. The number of hydrogen-bond donors (Lipinski definition) is 1. The molecule has 1 saturated heterocycles. The summed E-state index contributed by atoms with van der Waals surface area (Å²) < 4.78 is 13.2. The molecule has 8 nitrogen and oxygen atoms in total. The van der Waals surface area contributed by atoms with E-state index in [9.17, 15) is 4.79 Å². The van der Waals surface area contributed by atoms with Gasteiger partial charge in [-0.15, -0.1) is 13.2 Å². The number of aromatic nitrogens is 3. The van der Waals surface area contributed by atoms with E-state index in [4.69, 9.17) is 14.5 Å². The summed E-state index contributed by atoms with van der Waals surface area (Å²) in [7, 11) is 0. The van der Waals surface area contributed by atoms with Crippen molar-refractivity contribution in [1.82, 2.24) is 25.0 Å². The standard InChI is InChI=1S/C26H35N5O3/c1-5-9-19-14-23(29-25-22(19)16-28-30(25)12-8-13-33-7-3)18(4)31(20-10-11-20)26(32)24-17-27-15-21(6-2)34-24/h5-7,14,16,18,20-21,24,27H,1-3,8-13,15,17H2,4H3/t18-,21-,24-/m1/s1. The third kappa shape index (κ3) is 5.23. The predicted molar refractivity (Wildman–Crippen MR) is 132 cm³/mol. The Balaban J connectivity index is 1.63. The molecule has 3 heterocycles. The Bertz CT molecular complexity index is 1040. The average molecular weight is 466 g/mol. The lowest BCUT2D eigenvalue weighted by molar-refractivity contribution is -0.151. The second-order valence-electron chi connectivity index (χ2n) is 8.90. The van der Waals surface area contributed by atoms with E-state index in [-0.39, 0.29) is 24.1 Å². The molecule has 1 aliphatic carbocycles. The molecule has 34 heavy (non-hydrogen) atoms. The highest BCUT2D eigenvalue weighted by molar-refractivity contribution is 5.83. The zero-order valence-electron chi connectivity index (χ0n) is 20.0. The second-order valence-corrected chi connectivity index (χ2v) is 8.90. The number of morpholine rings is 1. The number of fused-ring (bicyclic) bond motifs is 1. The van der Waals surface area contributed by atoms with Gasteiger partial charge in [0.05, 0.1) is 36.9 Å². The van der Waals surface area contributed by atoms with E-state index in [1.54, 1.807) is 6.08 Å². The highest BCUT2D eigenvalue weighted by atomic mass is 16.5. The van der Waals surface area contributed by atoms with E-state index in [2.05, 4.69) is 43.1 Å². The molecular weight excluding hydrogens is 430 g/mol. The summed E-state index contributed by atoms with van der Waals surface area (Å²) in [5.74, 6) is 0.0105. The molecule has 4 rings (SSSR count). The molecule has 1 aliphatic heterocycles. The Morgan fingerprint density at radius 2 is 2.21 bits per heavy atom. The number of carbonyl (C=O) groups excluding carboxylic acids is 1. The zero-order valence-corrected chi connectivity index (χ0v) is 20.0. The number of ether oxygens (including phenoxy) is 2. The molecule has 1 amide bonds. The van der Waals surface area contributed by atoms with E-state index in [0.717, 1.165) is 41.6 Å². The first-order chi connectivity index (χ1) is 16.6. The Morgan fingerprint density at radius 1 is 1.38 bits per heavy atom. The summed E-state index contributed by atoms with van der Waals surface area (Å²) >= 11 is 0. The van der Waals surface area contributed by atoms with Crippen molar-refractivity contribution in [2.45, 2.75) is 63.4 Å². The van der Waals surface area contributed by atoms with Crippen LogP contribution in [0.2, 0.25) is 0 Å². The topological polar surface area (TPSA) is 81.5 Å². The van der Waals surface area contributed by atoms with Crippen LogP contribution < -0.4 is 5.32 Å². The third-order valence-corrected chi connectivity index (χ3v) is 6.42. The molecule has 0 bridgehead atoms. The van der Waals surface area contributed by atoms with Gasteiger partial charge in [0.15, 0.2) is 5.65 Å². The minimum Gasteiger partial charge on any atom is -0.502 e. The van der Waals surface area contributed by atoms with Crippen molar-refractivity contribution in [2.75, 3.05) is 19.7 Å². The van der Waals surface area contributed by atoms with Crippen molar-refractivity contribution in [2.24, 2.45) is 0 Å². The monoisotopic (exact) mass is 465 g/mol. The van der Waals surface area contributed by atoms with Crippen molar-refractivity contribution < 1.29 is 14.3 Å². The van der Waals surface area contributed by atoms with Crippen molar-refractivity contribution in [3.8, 4) is 0 Å². The smallest absolute Gasteiger partial charge is 0.253 e. The van der Waals surface area contributed by atoms with Gasteiger partial charge < -0.3 is 19.7 Å². The molecule has 2 aromatic rings. The van der Waals surface area contributed by atoms with Crippen LogP contribution in [-0.4, -0.2) is 63.5 Å². The number of carbonyl (C=O) groups is 1. The van der Waals surface area contributed by atoms with Crippen LogP contribution in [0.4, 0.5) is 0 Å². The number of nitrogens with zero attached hydrogens (tertiary/aromatic N) is 4. The quantitative estimate of drug-likeness (QED) is 0.294. The fourth-order valence-electron chi connectivity index (χ4n) is 4.51. The molecule has 1 N–H and O–H groups in total. The molecule has 182 valence electrons. The van der Waals surface area contributed by atoms with Gasteiger partial charge in [0.1, 0.15) is 6.10 Å². The number of allylic oxidation sites excluding steroid dienone is 1. The van der Waals surface area contributed by atoms with Gasteiger partial charge >= 0.3 is 0 Å². The van der Waals surface area contributed by atoms with Gasteiger partial charge in [0.2, 0.25) is 0 Å². The lowest BCUT2D eigenvalue weighted by atomic mass is 10.0. The molecule has 0 radical (unpaired) electrons. The summed E-state index contributed by atoms with van der Waals surface area (Å²) in [6.07, 6.45) is 9.78. The van der Waals surface area contributed by atoms with Gasteiger partial charge in [0, 0.05) is 37.5 Å². The number of hydrogen-bond acceptors (Lipinski definition) is 6. The fourth-order valence-corrected chi connectivity index (χ4v) is 4.51. The SMILES string of the molecule is C=CCc1cc([C@@H](C)N(C(=O)[C@H]2CNC[C@@H](C=C)O2)C2CC2)nc2c1cnn2CCCOC=C. The first-order valence-corrected chi connectivity index (χ1v) is 12.1. The molecule has 0 spiro atoms. The number of rotatable bonds is 12. The number of nitrogens with one attached hydrogen (secondary N) is 1. The lowest BCUT2D eigenvalue weighted by Crippen LogP contribution is -2.53. The number of aryl methyl sites for hydroxylation is 1. The summed E-state index contributed by atoms with van der Waals surface area (Å²) in [5, 5.41) is 8.88. The molecule has 0 unspecified atom stereocenters. The van der Waals surface area contributed by atoms with E-state index in [1.807, 2.05) is 21.9 Å². The Kier molecular flexibility index (Phi) is 7.80. The van der Waals surface area contributed by atoms with Crippen LogP contribution in [0.25, 0.3) is 11.0 Å². The van der Waals surface area contributed by atoms with E-state index in [1.165, 1.54) is 6.26 Å². The second kappa shape index (κ2) is 11.0. The molecule has 2 fully saturated rings. The van der Waals surface area contributed by atoms with E-state index < -0.39 is 6.10 Å². The Labute approximate surface area is 201 Å². The first-order valence-electron chi connectivity index (χ1n) is 12.1. The minimum atomic E-state index is -0.522. The molecule has 0 aromatic carbocycles. The van der Waals surface area contributed by atoms with Gasteiger partial charge in [-0.25, -0.2) is 9.67 Å². The number of pyridine rings is 1. The van der Waals surface area contributed by atoms with Crippen molar-refractivity contribution >= 4 is 16.9 Å². The summed E-state index contributed by atoms with van der Waals surface area (Å²) in [6.45, 7) is 15.8. The van der Waals surface area contributed by atoms with Gasteiger partial charge in [-0.2, -0.15) is 5.10 Å². The first kappa shape index (κ1) is 24.2. The van der Waals surface area contributed by atoms with Crippen LogP contribution in [-0.2, 0) is 27.2 Å². The van der Waals surface area contributed by atoms with E-state index in [0.29, 0.717) is 32.7 Å². The van der Waals surface area contributed by atoms with Crippen LogP contribution >= 0.6 is 0 Å². The highest BCUT2D eigenvalue weighted by Gasteiger charge is 2.41. The Hall–Kier alpha value is -2.97. The zero-order chi connectivity index (χ0) is 24.1. The maximum atomic E-state index is 13.6. The summed E-state index contributed by atoms with van der Waals surface area (Å²) in [4.78, 5) is 20.6. The maximum absolute atomic E-state index is 13.6. The van der Waals surface area contributed by atoms with Crippen LogP contribution in [0, 0.1) is 0 Å². The average Bonchev–Trinajstić information content (AvgIpc) is 3.61. The highest BCUT2D eigenvalue weighted by Crippen LogP contribution is 2.36. The molecule has 3 atom stereocenters. The minimum absolute atomic E-state index is 0.0105. The van der Waals surface area contributed by atoms with Gasteiger partial charge in [0.25, 0.3) is 5.91 Å². The molecule has 2 aromatic heterocycles. The van der Waals surface area contributed by atoms with Crippen molar-refractivity contribution in [3.63, 3.8) is 0 Å². The predicted octanol–water partition coefficient (Wildman–Crippen LogP) is 3.31. The van der Waals surface area contributed by atoms with Gasteiger partial charge in [-0.3, -0.25) is 4.79 Å². The van der Waals surface area contributed by atoms with Crippen LogP contribution in [0.3, 0.4) is 0 Å². The van der Waals surface area contributed by atoms with Gasteiger partial charge in [-0.05, 0) is 37.8 Å². The largest absolute Gasteiger partial charge is 0.502 e. The molecule has 8 heteroatoms. The lowest BCUT2D eigenvalue weighted by Gasteiger charge is -2.35. The third-order valence-electron chi connectivity index (χ3n) is 6.42. The molecular formula is C26H35N5O3.